The minimum atomic E-state index is -3.47. The molecule has 21 nitrogen and oxygen atoms in total. The van der Waals surface area contributed by atoms with Crippen LogP contribution in [0.1, 0.15) is 164 Å². The largest absolute Gasteiger partial charge is 2.00 e. The quantitative estimate of drug-likeness (QED) is 0.00807. The average molecular weight is 2330 g/mol. The van der Waals surface area contributed by atoms with Crippen LogP contribution >= 0.6 is 54.7 Å². The number of allylic oxidation sites excluding steroid dienone is 5. The maximum Gasteiger partial charge on any atom is 2.00 e. The van der Waals surface area contributed by atoms with E-state index in [1.54, 1.807) is 39.1 Å². The van der Waals surface area contributed by atoms with Crippen LogP contribution in [0.4, 0.5) is 4.39 Å². The maximum absolute atomic E-state index is 13.6. The summed E-state index contributed by atoms with van der Waals surface area (Å²) in [5, 5.41) is 19.3. The summed E-state index contributed by atoms with van der Waals surface area (Å²) < 4.78 is 127. The monoisotopic (exact) mass is 2330 g/mol. The second-order valence-electron chi connectivity index (χ2n) is 24.9. The van der Waals surface area contributed by atoms with Crippen molar-refractivity contribution in [3.63, 3.8) is 0 Å². The van der Waals surface area contributed by atoms with E-state index in [-0.39, 0.29) is 401 Å². The predicted molar refractivity (Wildman–Crippen MR) is 420 cm³/mol. The van der Waals surface area contributed by atoms with Crippen LogP contribution in [0, 0.1) is 39.6 Å². The van der Waals surface area contributed by atoms with E-state index in [1.165, 1.54) is 31.2 Å². The number of alkyl halides is 2. The van der Waals surface area contributed by atoms with Crippen LogP contribution in [0.25, 0.3) is 0 Å². The molecule has 0 spiro atoms. The molecule has 0 radical (unpaired) electrons. The van der Waals surface area contributed by atoms with Gasteiger partial charge in [-0.25, -0.2) is 48.8 Å². The maximum atomic E-state index is 13.6. The zero-order valence-electron chi connectivity index (χ0n) is 68.0. The average Bonchev–Trinajstić information content (AvgIpc) is 1.40. The molecule has 0 saturated carbocycles. The van der Waals surface area contributed by atoms with Gasteiger partial charge in [0.25, 0.3) is 0 Å². The standard InChI is InChI=1S/C22H41O6PSSi.C17H33O6PSSi.C15H25O7PS.C6H9ClO2.CH3F.CH4.6Ba.6H/c1-8-10-11-16-30-29(23,27-19-12-14-24-18(19)9-2)26-17-21-20(13-15-25-21)28-31(6,7)22(3,4)5;1-7-13-14(8-10-19-13)22-24(18,25)21-12-16-15(9-11-20-16)23-26(5,6)17(2,3)4;1-2-3-4-9-24-23(18,21-11-15-12(17)5-7-20-15)22-13-6-8-19-14(13)10-16;1-6(8)9-5-3-2-4-7;1-2;;;;;;;;;;;;;/h8,10,14-15,18-21H,9,11-13,16-17H2,1-7H3;10-11,13-16H,7-9,12H2,1-6H3,(H,18,25);2-3,7-8,12-17H,4-6,9-11H2,1H3;3,5H,2,4H2,1H3;1H3;1H4;;;;;;;;;;;;/q3*-2;;;;6*+2;6*-1/b10-8+;;3-2+;5-3+;;;;;;;;;;;;;;/t18-,19?,20?,21-,29+;13-,14?,15?,16-,24?;12?,13?,14-,15-,23+;;;;;;;;;;;;;;;/m111.............../s1/i;;;;1D;;;;;;;;;;;;;. The van der Waals surface area contributed by atoms with Gasteiger partial charge in [-0.15, -0.1) is 50.1 Å². The summed E-state index contributed by atoms with van der Waals surface area (Å²) in [4.78, 5) is 20.5. The molecule has 0 aromatic carbocycles. The molecule has 0 bridgehead atoms. The van der Waals surface area contributed by atoms with Crippen molar-refractivity contribution in [1.82, 2.24) is 0 Å². The summed E-state index contributed by atoms with van der Waals surface area (Å²) in [6.07, 6.45) is 14.7. The number of halogens is 2. The smallest absolute Gasteiger partial charge is 1.00 e. The van der Waals surface area contributed by atoms with Gasteiger partial charge < -0.3 is 74.7 Å². The van der Waals surface area contributed by atoms with Crippen molar-refractivity contribution in [3.05, 3.63) is 76.3 Å². The molecule has 562 valence electrons. The van der Waals surface area contributed by atoms with E-state index in [4.69, 9.17) is 89.2 Å². The fourth-order valence-electron chi connectivity index (χ4n) is 8.40. The first-order valence-electron chi connectivity index (χ1n) is 32.2. The van der Waals surface area contributed by atoms with Crippen LogP contribution in [-0.2, 0) is 94.9 Å². The molecule has 6 saturated heterocycles. The van der Waals surface area contributed by atoms with E-state index >= 15 is 0 Å². The van der Waals surface area contributed by atoms with E-state index in [2.05, 4.69) is 78.5 Å². The third-order valence-electron chi connectivity index (χ3n) is 15.7. The van der Waals surface area contributed by atoms with Gasteiger partial charge in [-0.05, 0) is 123 Å². The first-order valence-corrected chi connectivity index (χ1v) is 46.7. The molecule has 6 fully saturated rings. The van der Waals surface area contributed by atoms with Crippen molar-refractivity contribution in [2.45, 2.75) is 264 Å². The first-order chi connectivity index (χ1) is 43.7. The summed E-state index contributed by atoms with van der Waals surface area (Å²) in [6.45, 7) is 31.4. The number of hydrogen-bond acceptors (Lipinski definition) is 23. The molecular formula is C62H121Ba6ClFO21P3S3Si2. The van der Waals surface area contributed by atoms with Gasteiger partial charge in [0.05, 0.1) is 90.0 Å². The van der Waals surface area contributed by atoms with Crippen molar-refractivity contribution < 1.29 is 113 Å². The number of aliphatic hydroxyl groups excluding tert-OH is 2. The van der Waals surface area contributed by atoms with Gasteiger partial charge in [0.2, 0.25) is 0 Å². The molecule has 7 unspecified atom stereocenters. The molecule has 6 aliphatic rings. The summed E-state index contributed by atoms with van der Waals surface area (Å²) in [5.41, 5.74) is 0. The molecular weight excluding hydrogens is 2200 g/mol. The third kappa shape index (κ3) is 49.2. The van der Waals surface area contributed by atoms with Crippen LogP contribution in [0.5, 0.6) is 0 Å². The van der Waals surface area contributed by atoms with Crippen molar-refractivity contribution in [1.29, 1.82) is 0 Å². The Morgan fingerprint density at radius 3 is 1.32 bits per heavy atom. The number of aliphatic hydroxyl groups is 2. The Morgan fingerprint density at radius 1 is 0.626 bits per heavy atom. The summed E-state index contributed by atoms with van der Waals surface area (Å²) in [6, 6.07) is 0. The molecule has 15 atom stereocenters. The van der Waals surface area contributed by atoms with Gasteiger partial charge in [-0.2, -0.15) is 0 Å². The van der Waals surface area contributed by atoms with Crippen LogP contribution < -0.4 is 0 Å². The van der Waals surface area contributed by atoms with Gasteiger partial charge in [-0.1, -0.05) is 87.1 Å². The fourth-order valence-corrected chi connectivity index (χ4v) is 19.6. The minimum Gasteiger partial charge on any atom is -1.00 e. The Labute approximate surface area is 868 Å². The number of carbonyl (C=O) groups excluding carboxylic acids is 1. The van der Waals surface area contributed by atoms with Crippen molar-refractivity contribution in [3.8, 4) is 0 Å². The molecule has 0 aromatic heterocycles. The zero-order chi connectivity index (χ0) is 69.9. The van der Waals surface area contributed by atoms with Crippen molar-refractivity contribution in [2.24, 2.45) is 0 Å². The van der Waals surface area contributed by atoms with E-state index in [9.17, 15) is 33.4 Å². The molecule has 6 rings (SSSR count). The topological polar surface area (TPSA) is 250 Å². The number of rotatable bonds is 33. The van der Waals surface area contributed by atoms with Crippen LogP contribution in [-0.4, -0.2) is 455 Å². The Balaban J connectivity index is -0.000000110. The number of carbonyl (C=O) groups is 1. The summed E-state index contributed by atoms with van der Waals surface area (Å²) in [7, 11) is -4.87. The van der Waals surface area contributed by atoms with E-state index in [0.717, 1.165) is 43.5 Å². The molecule has 99 heavy (non-hydrogen) atoms. The molecule has 0 amide bonds. The van der Waals surface area contributed by atoms with Crippen LogP contribution in [0.15, 0.2) is 36.6 Å². The molecule has 6 aliphatic heterocycles. The number of ether oxygens (including phenoxy) is 7. The fraction of sp³-hybridized carbons (Fsp3) is 0.790. The SMILES string of the molecule is C.C/C=C/CCS[P@@](=O)(OC[C@H]1O[CH-]CC1O)OC1C[CH-]O[C@@H]1CO.C/C=C/CCS[P@@](=O)(OC[C@H]1O[CH-]CC1O[Si](C)(C)C(C)(C)C)OC1C[CH-]O[C@@H]1CC.CC(=O)O/C=C/CCCl.CC[C@H]1O[CH-]CC1OP(O)(=S)OC[C@H]1O[CH-]CC1O[Si](C)(C)C(C)(C)C.[2H]CF.[Ba+2].[Ba+2].[Ba+2].[Ba+2].[Ba+2].[Ba+2].[H-].[H-].[H-].[H-].[H-].[H-]. The van der Waals surface area contributed by atoms with E-state index in [1.807, 2.05) is 45.9 Å². The summed E-state index contributed by atoms with van der Waals surface area (Å²) in [5.74, 6) is 1.48. The second kappa shape index (κ2) is 64.8. The minimum absolute atomic E-state index is 0. The Hall–Kier alpha value is 9.90. The molecule has 6 heterocycles. The van der Waals surface area contributed by atoms with Gasteiger partial charge >= 0.3 is 320 Å². The molecule has 37 heteroatoms. The van der Waals surface area contributed by atoms with Crippen LogP contribution in [0.2, 0.25) is 36.3 Å². The number of esters is 1. The van der Waals surface area contributed by atoms with Gasteiger partial charge in [0, 0.05) is 48.7 Å². The third-order valence-corrected chi connectivity index (χ3v) is 34.1. The Kier molecular flexibility index (Phi) is 76.9. The van der Waals surface area contributed by atoms with E-state index < -0.39 is 68.5 Å². The van der Waals surface area contributed by atoms with E-state index in [0.29, 0.717) is 55.9 Å². The number of hydrogen-bond donors (Lipinski definition) is 3. The molecule has 0 aliphatic carbocycles. The van der Waals surface area contributed by atoms with Gasteiger partial charge in [-0.3, -0.25) is 27.3 Å². The van der Waals surface area contributed by atoms with Gasteiger partial charge in [0.1, 0.15) is 0 Å². The molecule has 3 N–H and O–H groups in total. The Morgan fingerprint density at radius 2 is 0.970 bits per heavy atom. The first kappa shape index (κ1) is 117. The van der Waals surface area contributed by atoms with Crippen molar-refractivity contribution >= 4 is 382 Å². The van der Waals surface area contributed by atoms with Crippen LogP contribution in [0.3, 0.4) is 0 Å². The normalized spacial score (nSPS) is 27.1. The zero-order valence-corrected chi connectivity index (χ0v) is 95.6. The predicted octanol–water partition coefficient (Wildman–Crippen LogP) is 15.0. The van der Waals surface area contributed by atoms with Gasteiger partial charge in [0.15, 0.2) is 16.6 Å². The van der Waals surface area contributed by atoms with Crippen molar-refractivity contribution in [2.75, 3.05) is 51.0 Å². The second-order valence-corrected chi connectivity index (χ2v) is 45.9. The Bertz CT molecular complexity index is 2360. The molecule has 0 aromatic rings. The summed E-state index contributed by atoms with van der Waals surface area (Å²) >= 11 is 12.9.